The lowest BCUT2D eigenvalue weighted by atomic mass is 9.96. The Hall–Kier alpha value is -4.09. The van der Waals surface area contributed by atoms with Crippen LogP contribution in [0.25, 0.3) is 11.1 Å². The van der Waals surface area contributed by atoms with Gasteiger partial charge in [0.15, 0.2) is 5.82 Å². The zero-order valence-corrected chi connectivity index (χ0v) is 32.7. The molecule has 280 valence electrons. The van der Waals surface area contributed by atoms with E-state index in [1.807, 2.05) is 68.8 Å². The van der Waals surface area contributed by atoms with E-state index in [4.69, 9.17) is 37.4 Å². The molecule has 1 saturated heterocycles. The van der Waals surface area contributed by atoms with E-state index < -0.39 is 5.60 Å². The minimum atomic E-state index is -0.506. The number of hydrogen-bond acceptors (Lipinski definition) is 8. The molecule has 4 aromatic rings. The van der Waals surface area contributed by atoms with Crippen LogP contribution in [0.4, 0.5) is 5.69 Å². The molecule has 2 unspecified atom stereocenters. The fraction of sp³-hybridized carbons (Fsp3) is 0.439. The molecule has 0 spiro atoms. The van der Waals surface area contributed by atoms with Crippen LogP contribution in [0.15, 0.2) is 48.5 Å². The van der Waals surface area contributed by atoms with Gasteiger partial charge in [0.25, 0.3) is 5.91 Å². The summed E-state index contributed by atoms with van der Waals surface area (Å²) in [7, 11) is 5.60. The Labute approximate surface area is 321 Å². The van der Waals surface area contributed by atoms with Crippen LogP contribution in [0.3, 0.4) is 0 Å². The van der Waals surface area contributed by atoms with E-state index in [1.54, 1.807) is 7.11 Å². The number of likely N-dealkylation sites (N-methyl/N-ethyl adjacent to an activating group) is 1. The van der Waals surface area contributed by atoms with Crippen molar-refractivity contribution in [2.45, 2.75) is 71.2 Å². The number of amides is 1. The Morgan fingerprint density at radius 3 is 2.53 bits per heavy atom. The third-order valence-corrected chi connectivity index (χ3v) is 11.1. The van der Waals surface area contributed by atoms with Crippen LogP contribution >= 0.6 is 23.2 Å². The van der Waals surface area contributed by atoms with Gasteiger partial charge in [0.2, 0.25) is 0 Å². The summed E-state index contributed by atoms with van der Waals surface area (Å²) in [5.74, 6) is 1.01. The Kier molecular flexibility index (Phi) is 10.5. The first-order valence-electron chi connectivity index (χ1n) is 18.2. The second kappa shape index (κ2) is 15.0. The van der Waals surface area contributed by atoms with Crippen LogP contribution < -0.4 is 14.8 Å². The summed E-state index contributed by atoms with van der Waals surface area (Å²) in [6, 6.07) is 15.6. The lowest BCUT2D eigenvalue weighted by Gasteiger charge is -2.23. The topological polar surface area (TPSA) is 98.2 Å². The minimum Gasteiger partial charge on any atom is -0.496 e. The molecule has 1 fully saturated rings. The lowest BCUT2D eigenvalue weighted by Crippen LogP contribution is -2.30. The monoisotopic (exact) mass is 759 g/mol. The highest BCUT2D eigenvalue weighted by atomic mass is 35.5. The van der Waals surface area contributed by atoms with Crippen molar-refractivity contribution in [3.05, 3.63) is 92.5 Å². The van der Waals surface area contributed by atoms with Crippen LogP contribution in [0.5, 0.6) is 11.5 Å². The zero-order valence-electron chi connectivity index (χ0n) is 31.2. The highest BCUT2D eigenvalue weighted by molar-refractivity contribution is 6.36. The van der Waals surface area contributed by atoms with Crippen molar-refractivity contribution in [2.75, 3.05) is 39.1 Å². The van der Waals surface area contributed by atoms with Crippen molar-refractivity contribution < 1.29 is 23.8 Å². The van der Waals surface area contributed by atoms with E-state index in [0.29, 0.717) is 46.1 Å². The van der Waals surface area contributed by atoms with Gasteiger partial charge >= 0.3 is 5.97 Å². The van der Waals surface area contributed by atoms with Crippen LogP contribution in [0.1, 0.15) is 78.4 Å². The molecule has 53 heavy (non-hydrogen) atoms. The highest BCUT2D eigenvalue weighted by Gasteiger charge is 2.33. The Balaban J connectivity index is 1.06. The number of benzene rings is 3. The molecule has 3 aliphatic rings. The second-order valence-electron chi connectivity index (χ2n) is 15.4. The van der Waals surface area contributed by atoms with Crippen LogP contribution in [-0.4, -0.2) is 70.6 Å². The molecule has 0 radical (unpaired) electrons. The van der Waals surface area contributed by atoms with Crippen LogP contribution in [-0.2, 0) is 42.5 Å². The van der Waals surface area contributed by atoms with Gasteiger partial charge in [-0.1, -0.05) is 53.5 Å². The number of carbonyl (C=O) groups is 2. The second-order valence-corrected chi connectivity index (χ2v) is 16.1. The Morgan fingerprint density at radius 1 is 0.981 bits per heavy atom. The van der Waals surface area contributed by atoms with Crippen molar-refractivity contribution >= 4 is 40.8 Å². The highest BCUT2D eigenvalue weighted by Crippen LogP contribution is 2.45. The first kappa shape index (κ1) is 37.2. The van der Waals surface area contributed by atoms with Gasteiger partial charge in [0.05, 0.1) is 34.5 Å². The Morgan fingerprint density at radius 2 is 1.75 bits per heavy atom. The number of anilines is 1. The van der Waals surface area contributed by atoms with Crippen molar-refractivity contribution in [3.63, 3.8) is 0 Å². The largest absolute Gasteiger partial charge is 0.496 e. The van der Waals surface area contributed by atoms with Crippen molar-refractivity contribution in [1.29, 1.82) is 0 Å². The van der Waals surface area contributed by atoms with Gasteiger partial charge in [0.1, 0.15) is 23.2 Å². The van der Waals surface area contributed by atoms with Gasteiger partial charge in [-0.25, -0.2) is 4.98 Å². The lowest BCUT2D eigenvalue weighted by molar-refractivity contribution is -0.159. The van der Waals surface area contributed by atoms with Gasteiger partial charge in [-0.05, 0) is 82.4 Å². The van der Waals surface area contributed by atoms with Gasteiger partial charge in [-0.15, -0.1) is 0 Å². The van der Waals surface area contributed by atoms with E-state index in [-0.39, 0.29) is 23.9 Å². The average molecular weight is 761 g/mol. The molecular weight excluding hydrogens is 713 g/mol. The molecule has 2 aliphatic heterocycles. The molecule has 1 aromatic heterocycles. The van der Waals surface area contributed by atoms with Gasteiger partial charge in [0, 0.05) is 62.5 Å². The fourth-order valence-electron chi connectivity index (χ4n) is 7.80. The predicted molar refractivity (Wildman–Crippen MR) is 207 cm³/mol. The van der Waals surface area contributed by atoms with Crippen molar-refractivity contribution in [3.8, 4) is 22.6 Å². The fourth-order valence-corrected chi connectivity index (χ4v) is 8.30. The maximum Gasteiger partial charge on any atom is 0.310 e. The third kappa shape index (κ3) is 7.78. The van der Waals surface area contributed by atoms with E-state index >= 15 is 0 Å². The summed E-state index contributed by atoms with van der Waals surface area (Å²) < 4.78 is 19.9. The molecule has 1 aliphatic carbocycles. The summed E-state index contributed by atoms with van der Waals surface area (Å²) in [6.07, 6.45) is 2.94. The number of hydrogen-bond donors (Lipinski definition) is 1. The number of carbonyl (C=O) groups excluding carboxylic acids is 2. The molecule has 0 saturated carbocycles. The summed E-state index contributed by atoms with van der Waals surface area (Å²) in [6.45, 7) is 9.33. The van der Waals surface area contributed by atoms with E-state index in [9.17, 15) is 9.59 Å². The maximum absolute atomic E-state index is 13.5. The zero-order chi connectivity index (χ0) is 37.6. The standard InChI is InChI=1S/C41H47Cl2N5O5/c1-41(2,3)53-40(50)24-15-18-48(21-24)22-25-19-30(42)36(20-35(25)51-6)52-34-14-13-27-26(9-7-10-28(27)34)29-11-8-12-31(37(29)43)45-39(49)38-44-32-23-46(4)17-16-33(32)47(38)5/h7-12,19-20,24,34H,13-18,21-23H2,1-6H3,(H,45,49). The number of likely N-dealkylation sites (tertiary alicyclic amines) is 1. The minimum absolute atomic E-state index is 0.151. The molecular formula is C41H47Cl2N5O5. The van der Waals surface area contributed by atoms with Crippen molar-refractivity contribution in [1.82, 2.24) is 19.4 Å². The van der Waals surface area contributed by atoms with Crippen LogP contribution in [0, 0.1) is 5.92 Å². The molecule has 1 N–H and O–H groups in total. The number of ether oxygens (including phenoxy) is 3. The number of methoxy groups -OCH3 is 1. The molecule has 1 amide bonds. The van der Waals surface area contributed by atoms with Gasteiger partial charge in [-0.2, -0.15) is 0 Å². The summed E-state index contributed by atoms with van der Waals surface area (Å²) in [5.41, 5.74) is 7.05. The molecule has 2 atom stereocenters. The SMILES string of the molecule is COc1cc(OC2CCc3c(-c4cccc(NC(=O)c5nc6c(n5C)CCN(C)C6)c4Cl)cccc32)c(Cl)cc1CN1CCC(C(=O)OC(C)(C)C)C1. The predicted octanol–water partition coefficient (Wildman–Crippen LogP) is 7.87. The average Bonchev–Trinajstić information content (AvgIpc) is 3.83. The van der Waals surface area contributed by atoms with Crippen LogP contribution in [0.2, 0.25) is 10.0 Å². The molecule has 0 bridgehead atoms. The normalized spacial score (nSPS) is 18.8. The molecule has 3 heterocycles. The smallest absolute Gasteiger partial charge is 0.310 e. The van der Waals surface area contributed by atoms with E-state index in [1.165, 1.54) is 0 Å². The number of halogens is 2. The first-order chi connectivity index (χ1) is 25.3. The summed E-state index contributed by atoms with van der Waals surface area (Å²) in [4.78, 5) is 35.2. The number of esters is 1. The van der Waals surface area contributed by atoms with Gasteiger partial charge in [-0.3, -0.25) is 14.5 Å². The van der Waals surface area contributed by atoms with E-state index in [2.05, 4.69) is 39.3 Å². The van der Waals surface area contributed by atoms with Crippen molar-refractivity contribution in [2.24, 2.45) is 13.0 Å². The third-order valence-electron chi connectivity index (χ3n) is 10.4. The molecule has 3 aromatic carbocycles. The number of nitrogens with zero attached hydrogens (tertiary/aromatic N) is 4. The molecule has 10 nitrogen and oxygen atoms in total. The summed E-state index contributed by atoms with van der Waals surface area (Å²) >= 11 is 13.9. The van der Waals surface area contributed by atoms with E-state index in [0.717, 1.165) is 84.5 Å². The Bertz CT molecular complexity index is 2060. The number of nitrogens with one attached hydrogen (secondary N) is 1. The first-order valence-corrected chi connectivity index (χ1v) is 19.0. The van der Waals surface area contributed by atoms with Gasteiger partial charge < -0.3 is 29.0 Å². The number of imidazole rings is 1. The number of fused-ring (bicyclic) bond motifs is 2. The number of aromatic nitrogens is 2. The summed E-state index contributed by atoms with van der Waals surface area (Å²) in [5, 5.41) is 3.99. The quantitative estimate of drug-likeness (QED) is 0.172. The molecule has 12 heteroatoms. The number of rotatable bonds is 9. The maximum atomic E-state index is 13.5. The molecule has 7 rings (SSSR count).